The Kier molecular flexibility index (Phi) is 2.45. The number of fused-ring (bicyclic) bond motifs is 1. The molecule has 5 heteroatoms. The summed E-state index contributed by atoms with van der Waals surface area (Å²) in [7, 11) is 0. The number of halogens is 1. The molecule has 0 radical (unpaired) electrons. The smallest absolute Gasteiger partial charge is 0.265 e. The molecule has 0 atom stereocenters. The van der Waals surface area contributed by atoms with E-state index >= 15 is 0 Å². The van der Waals surface area contributed by atoms with E-state index in [0.29, 0.717) is 16.2 Å². The number of rotatable bonds is 1. The molecular formula is C13H10ClN3O. The zero-order valence-electron chi connectivity index (χ0n) is 9.64. The van der Waals surface area contributed by atoms with Gasteiger partial charge in [0.05, 0.1) is 10.4 Å². The molecule has 18 heavy (non-hydrogen) atoms. The van der Waals surface area contributed by atoms with Crippen molar-refractivity contribution in [2.45, 2.75) is 6.92 Å². The molecule has 0 fully saturated rings. The van der Waals surface area contributed by atoms with Crippen LogP contribution in [0.1, 0.15) is 5.69 Å². The molecule has 90 valence electrons. The Bertz CT molecular complexity index is 788. The normalized spacial score (nSPS) is 11.0. The summed E-state index contributed by atoms with van der Waals surface area (Å²) in [4.78, 5) is 12.4. The third-order valence-electron chi connectivity index (χ3n) is 2.82. The third-order valence-corrected chi connectivity index (χ3v) is 3.14. The van der Waals surface area contributed by atoms with Crippen molar-refractivity contribution in [1.82, 2.24) is 14.8 Å². The van der Waals surface area contributed by atoms with Gasteiger partial charge in [0.15, 0.2) is 5.82 Å². The molecule has 3 rings (SSSR count). The minimum atomic E-state index is -0.162. The molecule has 3 aromatic rings. The van der Waals surface area contributed by atoms with Gasteiger partial charge in [-0.3, -0.25) is 14.5 Å². The molecular weight excluding hydrogens is 250 g/mol. The van der Waals surface area contributed by atoms with Gasteiger partial charge in [0.25, 0.3) is 5.56 Å². The van der Waals surface area contributed by atoms with Gasteiger partial charge in [-0.1, -0.05) is 23.7 Å². The van der Waals surface area contributed by atoms with Gasteiger partial charge in [-0.05, 0) is 24.4 Å². The Morgan fingerprint density at radius 1 is 1.33 bits per heavy atom. The Balaban J connectivity index is 2.36. The topological polar surface area (TPSA) is 50.7 Å². The van der Waals surface area contributed by atoms with Gasteiger partial charge in [-0.25, -0.2) is 0 Å². The number of nitrogens with zero attached hydrogens (tertiary/aromatic N) is 2. The largest absolute Gasteiger partial charge is 0.281 e. The first-order chi connectivity index (χ1) is 8.66. The van der Waals surface area contributed by atoms with Crippen molar-refractivity contribution in [3.05, 3.63) is 57.6 Å². The van der Waals surface area contributed by atoms with Crippen LogP contribution in [-0.4, -0.2) is 14.8 Å². The van der Waals surface area contributed by atoms with Crippen LogP contribution in [0.4, 0.5) is 0 Å². The lowest BCUT2D eigenvalue weighted by Crippen LogP contribution is -2.18. The molecule has 0 aliphatic rings. The molecule has 0 aliphatic carbocycles. The van der Waals surface area contributed by atoms with Crippen molar-refractivity contribution >= 4 is 22.4 Å². The first kappa shape index (κ1) is 11.0. The molecule has 4 nitrogen and oxygen atoms in total. The van der Waals surface area contributed by atoms with Gasteiger partial charge < -0.3 is 0 Å². The molecule has 0 spiro atoms. The minimum Gasteiger partial charge on any atom is -0.281 e. The SMILES string of the molecule is Cc1cc(-n2ccc3cccc(Cl)c3c2=O)n[nH]1. The number of pyridine rings is 1. The van der Waals surface area contributed by atoms with Crippen LogP contribution in [0.5, 0.6) is 0 Å². The molecule has 0 saturated heterocycles. The molecule has 1 N–H and O–H groups in total. The highest BCUT2D eigenvalue weighted by atomic mass is 35.5. The zero-order valence-corrected chi connectivity index (χ0v) is 10.4. The second-order valence-corrected chi connectivity index (χ2v) is 4.51. The summed E-state index contributed by atoms with van der Waals surface area (Å²) in [5.41, 5.74) is 0.737. The van der Waals surface area contributed by atoms with E-state index in [1.54, 1.807) is 12.3 Å². The highest BCUT2D eigenvalue weighted by Gasteiger charge is 2.09. The molecule has 2 aromatic heterocycles. The predicted octanol–water partition coefficient (Wildman–Crippen LogP) is 2.68. The van der Waals surface area contributed by atoms with Crippen molar-refractivity contribution in [3.63, 3.8) is 0 Å². The monoisotopic (exact) mass is 259 g/mol. The van der Waals surface area contributed by atoms with E-state index in [9.17, 15) is 4.79 Å². The van der Waals surface area contributed by atoms with Gasteiger partial charge >= 0.3 is 0 Å². The second-order valence-electron chi connectivity index (χ2n) is 4.10. The van der Waals surface area contributed by atoms with Crippen LogP contribution >= 0.6 is 11.6 Å². The highest BCUT2D eigenvalue weighted by molar-refractivity contribution is 6.35. The summed E-state index contributed by atoms with van der Waals surface area (Å²) in [5.74, 6) is 0.569. The predicted molar refractivity (Wildman–Crippen MR) is 71.4 cm³/mol. The van der Waals surface area contributed by atoms with Gasteiger partial charge in [0, 0.05) is 18.0 Å². The van der Waals surface area contributed by atoms with E-state index in [2.05, 4.69) is 10.2 Å². The number of hydrogen-bond acceptors (Lipinski definition) is 2. The molecule has 0 unspecified atom stereocenters. The summed E-state index contributed by atoms with van der Waals surface area (Å²) in [5, 5.41) is 8.70. The minimum absolute atomic E-state index is 0.162. The molecule has 1 aromatic carbocycles. The second kappa shape index (κ2) is 3.99. The van der Waals surface area contributed by atoms with Gasteiger partial charge in [-0.2, -0.15) is 5.10 Å². The number of hydrogen-bond donors (Lipinski definition) is 1. The van der Waals surface area contributed by atoms with Crippen LogP contribution in [0.15, 0.2) is 41.3 Å². The maximum atomic E-state index is 12.4. The Labute approximate surface area is 108 Å². The highest BCUT2D eigenvalue weighted by Crippen LogP contribution is 2.20. The molecule has 0 bridgehead atoms. The van der Waals surface area contributed by atoms with Crippen LogP contribution < -0.4 is 5.56 Å². The van der Waals surface area contributed by atoms with Crippen LogP contribution in [0, 0.1) is 6.92 Å². The molecule has 0 amide bonds. The van der Waals surface area contributed by atoms with Crippen LogP contribution in [0.2, 0.25) is 5.02 Å². The summed E-state index contributed by atoms with van der Waals surface area (Å²) < 4.78 is 1.48. The van der Waals surface area contributed by atoms with E-state index < -0.39 is 0 Å². The number of benzene rings is 1. The third kappa shape index (κ3) is 1.62. The van der Waals surface area contributed by atoms with Crippen LogP contribution in [0.25, 0.3) is 16.6 Å². The number of aromatic nitrogens is 3. The van der Waals surface area contributed by atoms with E-state index in [-0.39, 0.29) is 5.56 Å². The fourth-order valence-electron chi connectivity index (χ4n) is 1.96. The van der Waals surface area contributed by atoms with Gasteiger partial charge in [0.2, 0.25) is 0 Å². The van der Waals surface area contributed by atoms with Crippen molar-refractivity contribution in [3.8, 4) is 5.82 Å². The first-order valence-corrected chi connectivity index (χ1v) is 5.87. The van der Waals surface area contributed by atoms with E-state index in [1.807, 2.05) is 31.2 Å². The summed E-state index contributed by atoms with van der Waals surface area (Å²) in [6.07, 6.45) is 1.70. The first-order valence-electron chi connectivity index (χ1n) is 5.49. The zero-order chi connectivity index (χ0) is 12.7. The summed E-state index contributed by atoms with van der Waals surface area (Å²) >= 11 is 6.09. The number of nitrogens with one attached hydrogen (secondary N) is 1. The van der Waals surface area contributed by atoms with Crippen LogP contribution in [0.3, 0.4) is 0 Å². The quantitative estimate of drug-likeness (QED) is 0.730. The van der Waals surface area contributed by atoms with Gasteiger partial charge in [-0.15, -0.1) is 0 Å². The lowest BCUT2D eigenvalue weighted by atomic mass is 10.2. The Morgan fingerprint density at radius 3 is 2.89 bits per heavy atom. The van der Waals surface area contributed by atoms with Crippen molar-refractivity contribution in [1.29, 1.82) is 0 Å². The molecule has 0 aliphatic heterocycles. The lowest BCUT2D eigenvalue weighted by molar-refractivity contribution is 0.922. The van der Waals surface area contributed by atoms with E-state index in [1.165, 1.54) is 4.57 Å². The van der Waals surface area contributed by atoms with E-state index in [4.69, 9.17) is 11.6 Å². The maximum absolute atomic E-state index is 12.4. The number of aryl methyl sites for hydroxylation is 1. The fourth-order valence-corrected chi connectivity index (χ4v) is 2.22. The fraction of sp³-hybridized carbons (Fsp3) is 0.0769. The van der Waals surface area contributed by atoms with Crippen molar-refractivity contribution < 1.29 is 0 Å². The number of H-pyrrole nitrogens is 1. The van der Waals surface area contributed by atoms with Crippen molar-refractivity contribution in [2.75, 3.05) is 0 Å². The average Bonchev–Trinajstić information content (AvgIpc) is 2.76. The lowest BCUT2D eigenvalue weighted by Gasteiger charge is -2.04. The molecule has 2 heterocycles. The summed E-state index contributed by atoms with van der Waals surface area (Å²) in [6, 6.07) is 9.07. The summed E-state index contributed by atoms with van der Waals surface area (Å²) in [6.45, 7) is 1.88. The Morgan fingerprint density at radius 2 is 2.17 bits per heavy atom. The Hall–Kier alpha value is -2.07. The van der Waals surface area contributed by atoms with Gasteiger partial charge in [0.1, 0.15) is 0 Å². The maximum Gasteiger partial charge on any atom is 0.265 e. The average molecular weight is 260 g/mol. The standard InChI is InChI=1S/C13H10ClN3O/c1-8-7-11(16-15-8)17-6-5-9-3-2-4-10(14)12(9)13(17)18/h2-7H,1H3,(H,15,16). The van der Waals surface area contributed by atoms with E-state index in [0.717, 1.165) is 11.1 Å². The number of aromatic amines is 1. The molecule has 0 saturated carbocycles. The van der Waals surface area contributed by atoms with Crippen LogP contribution in [-0.2, 0) is 0 Å². The van der Waals surface area contributed by atoms with Crippen molar-refractivity contribution in [2.24, 2.45) is 0 Å².